The second kappa shape index (κ2) is 5.12. The van der Waals surface area contributed by atoms with E-state index in [0.717, 1.165) is 30.4 Å². The number of nitrogens with zero attached hydrogens (tertiary/aromatic N) is 1. The fourth-order valence-electron chi connectivity index (χ4n) is 2.72. The van der Waals surface area contributed by atoms with E-state index < -0.39 is 0 Å². The van der Waals surface area contributed by atoms with Crippen molar-refractivity contribution in [2.45, 2.75) is 13.0 Å². The first-order valence-electron chi connectivity index (χ1n) is 6.68. The SMILES string of the molecule is CN1CCC(CNCc2cc3ccccc3o2)C1. The first kappa shape index (κ1) is 11.8. The molecule has 0 radical (unpaired) electrons. The highest BCUT2D eigenvalue weighted by atomic mass is 16.3. The number of benzene rings is 1. The molecule has 1 saturated heterocycles. The topological polar surface area (TPSA) is 28.4 Å². The highest BCUT2D eigenvalue weighted by Gasteiger charge is 2.18. The molecule has 1 unspecified atom stereocenters. The summed E-state index contributed by atoms with van der Waals surface area (Å²) in [5, 5.41) is 4.69. The Kier molecular flexibility index (Phi) is 3.35. The molecule has 0 bridgehead atoms. The van der Waals surface area contributed by atoms with Gasteiger partial charge in [-0.2, -0.15) is 0 Å². The molecule has 1 aromatic carbocycles. The van der Waals surface area contributed by atoms with Crippen molar-refractivity contribution in [1.82, 2.24) is 10.2 Å². The Hall–Kier alpha value is -1.32. The Labute approximate surface area is 108 Å². The molecule has 0 spiro atoms. The van der Waals surface area contributed by atoms with Crippen LogP contribution in [-0.4, -0.2) is 31.6 Å². The van der Waals surface area contributed by atoms with Crippen LogP contribution in [-0.2, 0) is 6.54 Å². The number of nitrogens with one attached hydrogen (secondary N) is 1. The number of fused-ring (bicyclic) bond motifs is 1. The summed E-state index contributed by atoms with van der Waals surface area (Å²) in [4.78, 5) is 2.40. The number of hydrogen-bond acceptors (Lipinski definition) is 3. The van der Waals surface area contributed by atoms with Gasteiger partial charge in [-0.1, -0.05) is 18.2 Å². The predicted molar refractivity (Wildman–Crippen MR) is 73.5 cm³/mol. The van der Waals surface area contributed by atoms with Gasteiger partial charge >= 0.3 is 0 Å². The molecule has 1 aliphatic heterocycles. The summed E-state index contributed by atoms with van der Waals surface area (Å²) < 4.78 is 5.78. The number of hydrogen-bond donors (Lipinski definition) is 1. The molecule has 0 amide bonds. The molecule has 1 fully saturated rings. The van der Waals surface area contributed by atoms with Crippen molar-refractivity contribution < 1.29 is 4.42 Å². The lowest BCUT2D eigenvalue weighted by atomic mass is 10.1. The lowest BCUT2D eigenvalue weighted by Gasteiger charge is -2.10. The highest BCUT2D eigenvalue weighted by Crippen LogP contribution is 2.19. The molecule has 0 aliphatic carbocycles. The first-order valence-corrected chi connectivity index (χ1v) is 6.68. The van der Waals surface area contributed by atoms with E-state index in [9.17, 15) is 0 Å². The third-order valence-electron chi connectivity index (χ3n) is 3.70. The molecular weight excluding hydrogens is 224 g/mol. The summed E-state index contributed by atoms with van der Waals surface area (Å²) in [5.74, 6) is 1.82. The van der Waals surface area contributed by atoms with Gasteiger partial charge in [0.15, 0.2) is 0 Å². The van der Waals surface area contributed by atoms with Gasteiger partial charge in [0.05, 0.1) is 6.54 Å². The Bertz CT molecular complexity index is 487. The molecule has 2 heterocycles. The van der Waals surface area contributed by atoms with Crippen LogP contribution >= 0.6 is 0 Å². The molecule has 1 atom stereocenters. The molecule has 2 aromatic rings. The normalized spacial score (nSPS) is 20.8. The summed E-state index contributed by atoms with van der Waals surface area (Å²) in [7, 11) is 2.19. The zero-order valence-electron chi connectivity index (χ0n) is 10.9. The lowest BCUT2D eigenvalue weighted by molar-refractivity contribution is 0.385. The highest BCUT2D eigenvalue weighted by molar-refractivity contribution is 5.77. The Morgan fingerprint density at radius 3 is 3.06 bits per heavy atom. The predicted octanol–water partition coefficient (Wildman–Crippen LogP) is 2.47. The third-order valence-corrected chi connectivity index (χ3v) is 3.70. The van der Waals surface area contributed by atoms with Gasteiger partial charge in [0.1, 0.15) is 11.3 Å². The van der Waals surface area contributed by atoms with Crippen LogP contribution in [0.4, 0.5) is 0 Å². The van der Waals surface area contributed by atoms with Crippen molar-refractivity contribution in [2.24, 2.45) is 5.92 Å². The van der Waals surface area contributed by atoms with Gasteiger partial charge in [-0.3, -0.25) is 0 Å². The van der Waals surface area contributed by atoms with E-state index in [1.807, 2.05) is 18.2 Å². The van der Waals surface area contributed by atoms with Crippen molar-refractivity contribution in [3.63, 3.8) is 0 Å². The monoisotopic (exact) mass is 244 g/mol. The van der Waals surface area contributed by atoms with Crippen LogP contribution in [0.5, 0.6) is 0 Å². The van der Waals surface area contributed by atoms with E-state index in [0.29, 0.717) is 0 Å². The molecule has 1 aromatic heterocycles. The minimum Gasteiger partial charge on any atom is -0.460 e. The van der Waals surface area contributed by atoms with Crippen LogP contribution in [0.2, 0.25) is 0 Å². The minimum atomic E-state index is 0.791. The van der Waals surface area contributed by atoms with Crippen LogP contribution in [0.1, 0.15) is 12.2 Å². The summed E-state index contributed by atoms with van der Waals surface area (Å²) in [6, 6.07) is 10.3. The van der Waals surface area contributed by atoms with Gasteiger partial charge < -0.3 is 14.6 Å². The average Bonchev–Trinajstić information content (AvgIpc) is 2.95. The lowest BCUT2D eigenvalue weighted by Crippen LogP contribution is -2.24. The van der Waals surface area contributed by atoms with Crippen molar-refractivity contribution in [2.75, 3.05) is 26.7 Å². The zero-order chi connectivity index (χ0) is 12.4. The maximum atomic E-state index is 5.78. The van der Waals surface area contributed by atoms with E-state index in [1.165, 1.54) is 24.9 Å². The van der Waals surface area contributed by atoms with E-state index >= 15 is 0 Å². The molecule has 3 nitrogen and oxygen atoms in total. The summed E-state index contributed by atoms with van der Waals surface area (Å²) in [5.41, 5.74) is 0.981. The Morgan fingerprint density at radius 1 is 1.39 bits per heavy atom. The van der Waals surface area contributed by atoms with Gasteiger partial charge in [-0.05, 0) is 44.6 Å². The van der Waals surface area contributed by atoms with Crippen molar-refractivity contribution in [3.05, 3.63) is 36.1 Å². The van der Waals surface area contributed by atoms with Gasteiger partial charge in [-0.25, -0.2) is 0 Å². The molecule has 1 N–H and O–H groups in total. The molecule has 1 aliphatic rings. The second-order valence-corrected chi connectivity index (χ2v) is 5.30. The van der Waals surface area contributed by atoms with E-state index in [-0.39, 0.29) is 0 Å². The first-order chi connectivity index (χ1) is 8.81. The largest absolute Gasteiger partial charge is 0.460 e. The standard InChI is InChI=1S/C15H20N2O/c1-17-7-6-12(11-17)9-16-10-14-8-13-4-2-3-5-15(13)18-14/h2-5,8,12,16H,6-7,9-11H2,1H3. The number of rotatable bonds is 4. The summed E-state index contributed by atoms with van der Waals surface area (Å²) >= 11 is 0. The zero-order valence-corrected chi connectivity index (χ0v) is 10.9. The molecule has 0 saturated carbocycles. The third kappa shape index (κ3) is 2.57. The molecular formula is C15H20N2O. The maximum Gasteiger partial charge on any atom is 0.134 e. The van der Waals surface area contributed by atoms with Crippen LogP contribution < -0.4 is 5.32 Å². The minimum absolute atomic E-state index is 0.791. The smallest absolute Gasteiger partial charge is 0.134 e. The van der Waals surface area contributed by atoms with Crippen LogP contribution in [0.25, 0.3) is 11.0 Å². The molecule has 3 rings (SSSR count). The fourth-order valence-corrected chi connectivity index (χ4v) is 2.72. The van der Waals surface area contributed by atoms with E-state index in [1.54, 1.807) is 0 Å². The average molecular weight is 244 g/mol. The molecule has 18 heavy (non-hydrogen) atoms. The van der Waals surface area contributed by atoms with Crippen molar-refractivity contribution >= 4 is 11.0 Å². The molecule has 3 heteroatoms. The van der Waals surface area contributed by atoms with Gasteiger partial charge in [-0.15, -0.1) is 0 Å². The fraction of sp³-hybridized carbons (Fsp3) is 0.467. The van der Waals surface area contributed by atoms with Gasteiger partial charge in [0, 0.05) is 11.9 Å². The number of para-hydroxylation sites is 1. The quantitative estimate of drug-likeness (QED) is 0.895. The molecule has 96 valence electrons. The van der Waals surface area contributed by atoms with Crippen molar-refractivity contribution in [1.29, 1.82) is 0 Å². The number of likely N-dealkylation sites (tertiary alicyclic amines) is 1. The Morgan fingerprint density at radius 2 is 2.28 bits per heavy atom. The van der Waals surface area contributed by atoms with Crippen LogP contribution in [0.3, 0.4) is 0 Å². The second-order valence-electron chi connectivity index (χ2n) is 5.30. The van der Waals surface area contributed by atoms with Gasteiger partial charge in [0.25, 0.3) is 0 Å². The van der Waals surface area contributed by atoms with Crippen LogP contribution in [0.15, 0.2) is 34.7 Å². The van der Waals surface area contributed by atoms with Crippen molar-refractivity contribution in [3.8, 4) is 0 Å². The van der Waals surface area contributed by atoms with Crippen LogP contribution in [0, 0.1) is 5.92 Å². The summed E-state index contributed by atoms with van der Waals surface area (Å²) in [6.07, 6.45) is 1.31. The van der Waals surface area contributed by atoms with E-state index in [2.05, 4.69) is 29.4 Å². The summed E-state index contributed by atoms with van der Waals surface area (Å²) in [6.45, 7) is 4.36. The number of furan rings is 1. The van der Waals surface area contributed by atoms with Gasteiger partial charge in [0.2, 0.25) is 0 Å². The van der Waals surface area contributed by atoms with E-state index in [4.69, 9.17) is 4.42 Å². The Balaban J connectivity index is 1.53. The maximum absolute atomic E-state index is 5.78.